The van der Waals surface area contributed by atoms with E-state index in [1.165, 1.54) is 38.8 Å². The lowest BCUT2D eigenvalue weighted by Gasteiger charge is -2.52. The van der Waals surface area contributed by atoms with Crippen LogP contribution in [0.15, 0.2) is 0 Å². The Balaban J connectivity index is 1.52. The highest BCUT2D eigenvalue weighted by Gasteiger charge is 2.43. The van der Waals surface area contributed by atoms with Gasteiger partial charge in [0.15, 0.2) is 5.69 Å². The van der Waals surface area contributed by atoms with Gasteiger partial charge in [-0.2, -0.15) is 8.75 Å². The quantitative estimate of drug-likeness (QED) is 0.794. The normalized spacial score (nSPS) is 32.8. The van der Waals surface area contributed by atoms with E-state index in [2.05, 4.69) is 18.5 Å². The fourth-order valence-electron chi connectivity index (χ4n) is 4.51. The molecule has 3 atom stereocenters. The molecule has 0 spiro atoms. The molecule has 1 aromatic heterocycles. The summed E-state index contributed by atoms with van der Waals surface area (Å²) in [4.78, 5) is 17.4. The minimum Gasteiger partial charge on any atom is -0.337 e. The van der Waals surface area contributed by atoms with E-state index in [0.29, 0.717) is 23.6 Å². The van der Waals surface area contributed by atoms with E-state index in [9.17, 15) is 4.79 Å². The van der Waals surface area contributed by atoms with Crippen LogP contribution in [-0.4, -0.2) is 56.7 Å². The maximum absolute atomic E-state index is 12.7. The largest absolute Gasteiger partial charge is 0.337 e. The lowest BCUT2D eigenvalue weighted by atomic mass is 9.76. The van der Waals surface area contributed by atoms with Crippen molar-refractivity contribution in [2.75, 3.05) is 26.2 Å². The summed E-state index contributed by atoms with van der Waals surface area (Å²) in [6.45, 7) is 6.13. The number of rotatable bonds is 1. The second-order valence-electron chi connectivity index (χ2n) is 6.83. The molecule has 0 saturated carbocycles. The number of carbonyl (C=O) groups is 1. The molecule has 3 aliphatic rings. The Morgan fingerprint density at radius 3 is 2.95 bits per heavy atom. The van der Waals surface area contributed by atoms with Gasteiger partial charge >= 0.3 is 0 Å². The standard InChI is InChI=1S/C15H22N4OS/c1-10-14(17-21-16-10)15(20)19-8-11-6-12(9-19)13-4-2-3-5-18(13)7-11/h11-13H,2-9H2,1H3/t11-,12-,13+/m1/s1. The van der Waals surface area contributed by atoms with Gasteiger partial charge in [0.05, 0.1) is 17.4 Å². The van der Waals surface area contributed by atoms with Crippen molar-refractivity contribution in [2.24, 2.45) is 11.8 Å². The second kappa shape index (κ2) is 5.32. The van der Waals surface area contributed by atoms with Gasteiger partial charge in [0.25, 0.3) is 5.91 Å². The minimum absolute atomic E-state index is 0.0974. The topological polar surface area (TPSA) is 49.3 Å². The molecule has 114 valence electrons. The van der Waals surface area contributed by atoms with Gasteiger partial charge in [-0.25, -0.2) is 0 Å². The number of aryl methyl sites for hydroxylation is 1. The molecule has 0 unspecified atom stereocenters. The van der Waals surface area contributed by atoms with Gasteiger partial charge in [-0.3, -0.25) is 9.69 Å². The summed E-state index contributed by atoms with van der Waals surface area (Å²) < 4.78 is 8.34. The van der Waals surface area contributed by atoms with E-state index in [0.717, 1.165) is 30.5 Å². The van der Waals surface area contributed by atoms with Crippen molar-refractivity contribution in [1.82, 2.24) is 18.5 Å². The Kier molecular flexibility index (Phi) is 3.46. The fraction of sp³-hybridized carbons (Fsp3) is 0.800. The Bertz CT molecular complexity index is 546. The summed E-state index contributed by atoms with van der Waals surface area (Å²) in [6.07, 6.45) is 5.32. The van der Waals surface area contributed by atoms with Crippen molar-refractivity contribution in [1.29, 1.82) is 0 Å². The number of piperidine rings is 3. The molecule has 3 fully saturated rings. The van der Waals surface area contributed by atoms with E-state index in [1.807, 2.05) is 6.92 Å². The molecule has 21 heavy (non-hydrogen) atoms. The Hall–Kier alpha value is -1.01. The zero-order chi connectivity index (χ0) is 14.4. The Morgan fingerprint density at radius 1 is 1.24 bits per heavy atom. The van der Waals surface area contributed by atoms with Crippen LogP contribution in [0.4, 0.5) is 0 Å². The molecular weight excluding hydrogens is 284 g/mol. The highest BCUT2D eigenvalue weighted by atomic mass is 32.1. The average Bonchev–Trinajstić information content (AvgIpc) is 2.92. The maximum atomic E-state index is 12.7. The highest BCUT2D eigenvalue weighted by molar-refractivity contribution is 6.99. The first-order valence-corrected chi connectivity index (χ1v) is 8.78. The zero-order valence-corrected chi connectivity index (χ0v) is 13.3. The number of nitrogens with zero attached hydrogens (tertiary/aromatic N) is 4. The third-order valence-corrected chi connectivity index (χ3v) is 6.03. The van der Waals surface area contributed by atoms with Crippen LogP contribution < -0.4 is 0 Å². The minimum atomic E-state index is 0.0974. The lowest BCUT2D eigenvalue weighted by Crippen LogP contribution is -2.59. The van der Waals surface area contributed by atoms with E-state index in [-0.39, 0.29) is 5.91 Å². The molecule has 0 aliphatic carbocycles. The Morgan fingerprint density at radius 2 is 2.14 bits per heavy atom. The summed E-state index contributed by atoms with van der Waals surface area (Å²) in [5.41, 5.74) is 1.35. The first-order valence-electron chi connectivity index (χ1n) is 8.05. The molecule has 3 saturated heterocycles. The molecule has 1 amide bonds. The molecule has 1 aromatic rings. The number of fused-ring (bicyclic) bond motifs is 4. The van der Waals surface area contributed by atoms with Crippen LogP contribution >= 0.6 is 11.7 Å². The van der Waals surface area contributed by atoms with Crippen LogP contribution in [-0.2, 0) is 0 Å². The molecule has 4 heterocycles. The van der Waals surface area contributed by atoms with Crippen molar-refractivity contribution < 1.29 is 4.79 Å². The molecule has 4 rings (SSSR count). The van der Waals surface area contributed by atoms with E-state index < -0.39 is 0 Å². The van der Waals surface area contributed by atoms with Gasteiger partial charge in [0.1, 0.15) is 0 Å². The number of aromatic nitrogens is 2. The molecule has 3 aliphatic heterocycles. The summed E-state index contributed by atoms with van der Waals surface area (Å²) in [5, 5.41) is 0. The molecule has 2 bridgehead atoms. The van der Waals surface area contributed by atoms with Crippen LogP contribution in [0.25, 0.3) is 0 Å². The van der Waals surface area contributed by atoms with E-state index in [1.54, 1.807) is 0 Å². The number of likely N-dealkylation sites (tertiary alicyclic amines) is 1. The van der Waals surface area contributed by atoms with E-state index >= 15 is 0 Å². The van der Waals surface area contributed by atoms with Crippen molar-refractivity contribution in [3.8, 4) is 0 Å². The Labute approximate surface area is 129 Å². The number of amides is 1. The van der Waals surface area contributed by atoms with Crippen LogP contribution in [0.3, 0.4) is 0 Å². The van der Waals surface area contributed by atoms with Gasteiger partial charge in [-0.15, -0.1) is 0 Å². The van der Waals surface area contributed by atoms with Crippen molar-refractivity contribution in [3.63, 3.8) is 0 Å². The predicted molar refractivity (Wildman–Crippen MR) is 81.4 cm³/mol. The predicted octanol–water partition coefficient (Wildman–Crippen LogP) is 1.79. The van der Waals surface area contributed by atoms with Gasteiger partial charge in [-0.05, 0) is 44.6 Å². The van der Waals surface area contributed by atoms with Gasteiger partial charge < -0.3 is 4.90 Å². The van der Waals surface area contributed by atoms with Gasteiger partial charge in [0, 0.05) is 25.7 Å². The van der Waals surface area contributed by atoms with Gasteiger partial charge in [-0.1, -0.05) is 6.42 Å². The molecule has 0 N–H and O–H groups in total. The SMILES string of the molecule is Cc1nsnc1C(=O)N1C[C@@H]2C[C@H](C1)[C@@H]1CCCCN1C2. The first kappa shape index (κ1) is 13.6. The third kappa shape index (κ3) is 2.38. The molecule has 5 nitrogen and oxygen atoms in total. The summed E-state index contributed by atoms with van der Waals surface area (Å²) in [7, 11) is 0. The third-order valence-electron chi connectivity index (χ3n) is 5.41. The maximum Gasteiger partial charge on any atom is 0.275 e. The van der Waals surface area contributed by atoms with Crippen molar-refractivity contribution in [3.05, 3.63) is 11.4 Å². The zero-order valence-electron chi connectivity index (χ0n) is 12.5. The van der Waals surface area contributed by atoms with Crippen LogP contribution in [0.5, 0.6) is 0 Å². The monoisotopic (exact) mass is 306 g/mol. The van der Waals surface area contributed by atoms with Gasteiger partial charge in [0.2, 0.25) is 0 Å². The first-order chi connectivity index (χ1) is 10.2. The molecule has 6 heteroatoms. The summed E-state index contributed by atoms with van der Waals surface area (Å²) in [6, 6.07) is 0.709. The fourth-order valence-corrected chi connectivity index (χ4v) is 5.05. The number of hydrogen-bond donors (Lipinski definition) is 0. The van der Waals surface area contributed by atoms with Crippen LogP contribution in [0, 0.1) is 18.8 Å². The second-order valence-corrected chi connectivity index (χ2v) is 7.36. The van der Waals surface area contributed by atoms with Crippen LogP contribution in [0.1, 0.15) is 41.9 Å². The summed E-state index contributed by atoms with van der Waals surface area (Å²) in [5.74, 6) is 1.41. The molecular formula is C15H22N4OS. The average molecular weight is 306 g/mol. The number of hydrogen-bond acceptors (Lipinski definition) is 5. The van der Waals surface area contributed by atoms with Crippen LogP contribution in [0.2, 0.25) is 0 Å². The highest BCUT2D eigenvalue weighted by Crippen LogP contribution is 2.37. The van der Waals surface area contributed by atoms with Crippen molar-refractivity contribution in [2.45, 2.75) is 38.6 Å². The lowest BCUT2D eigenvalue weighted by molar-refractivity contribution is -0.0244. The van der Waals surface area contributed by atoms with E-state index in [4.69, 9.17) is 0 Å². The molecule has 0 aromatic carbocycles. The molecule has 0 radical (unpaired) electrons. The smallest absolute Gasteiger partial charge is 0.275 e. The van der Waals surface area contributed by atoms with Crippen molar-refractivity contribution >= 4 is 17.6 Å². The number of carbonyl (C=O) groups excluding carboxylic acids is 1. The summed E-state index contributed by atoms with van der Waals surface area (Å²) >= 11 is 1.14.